The number of carbonyl (C=O) groups is 1. The van der Waals surface area contributed by atoms with Crippen LogP contribution in [0.1, 0.15) is 52.3 Å². The topological polar surface area (TPSA) is 34.9 Å². The lowest BCUT2D eigenvalue weighted by Crippen LogP contribution is -2.15. The molecule has 112 valence electrons. The minimum atomic E-state index is 0.135. The molecule has 0 saturated carbocycles. The van der Waals surface area contributed by atoms with Gasteiger partial charge in [-0.2, -0.15) is 5.10 Å². The number of rotatable bonds is 5. The molecule has 0 saturated heterocycles. The molecule has 21 heavy (non-hydrogen) atoms. The Hall–Kier alpha value is -1.90. The van der Waals surface area contributed by atoms with Crippen LogP contribution in [0.3, 0.4) is 0 Å². The summed E-state index contributed by atoms with van der Waals surface area (Å²) in [5.74, 6) is 0.135. The zero-order valence-electron chi connectivity index (χ0n) is 13.7. The molecule has 3 nitrogen and oxygen atoms in total. The fraction of sp³-hybridized carbons (Fsp3) is 0.444. The largest absolute Gasteiger partial charge is 0.292 e. The third kappa shape index (κ3) is 3.23. The van der Waals surface area contributed by atoms with Gasteiger partial charge in [0.05, 0.1) is 5.69 Å². The van der Waals surface area contributed by atoms with Gasteiger partial charge in [0.25, 0.3) is 0 Å². The highest BCUT2D eigenvalue weighted by atomic mass is 16.1. The first-order chi connectivity index (χ1) is 9.96. The van der Waals surface area contributed by atoms with Crippen molar-refractivity contribution in [3.63, 3.8) is 0 Å². The standard InChI is InChI=1S/C18H24N2O/c1-6-15-10-16(7-2)20(19-15)11-18(21)17-9-13(4)12(3)8-14(17)5/h8-10H,6-7,11H2,1-5H3. The lowest BCUT2D eigenvalue weighted by molar-refractivity contribution is 0.0965. The second kappa shape index (κ2) is 6.25. The molecule has 0 bridgehead atoms. The third-order valence-corrected chi connectivity index (χ3v) is 4.07. The number of hydrogen-bond acceptors (Lipinski definition) is 2. The number of ketones is 1. The number of aromatic nitrogens is 2. The SMILES string of the molecule is CCc1cc(CC)n(CC(=O)c2cc(C)c(C)cc2C)n1. The summed E-state index contributed by atoms with van der Waals surface area (Å²) in [6.45, 7) is 10.6. The van der Waals surface area contributed by atoms with Crippen molar-refractivity contribution in [2.45, 2.75) is 54.0 Å². The highest BCUT2D eigenvalue weighted by Crippen LogP contribution is 2.17. The number of Topliss-reactive ketones (excluding diaryl/α,β-unsaturated/α-hetero) is 1. The maximum atomic E-state index is 12.6. The summed E-state index contributed by atoms with van der Waals surface area (Å²) in [5.41, 5.74) is 6.43. The van der Waals surface area contributed by atoms with Gasteiger partial charge >= 0.3 is 0 Å². The first kappa shape index (κ1) is 15.5. The van der Waals surface area contributed by atoms with Gasteiger partial charge < -0.3 is 0 Å². The maximum Gasteiger partial charge on any atom is 0.184 e. The first-order valence-electron chi connectivity index (χ1n) is 7.62. The molecule has 0 aliphatic rings. The third-order valence-electron chi connectivity index (χ3n) is 4.07. The van der Waals surface area contributed by atoms with Gasteiger partial charge in [0.15, 0.2) is 5.78 Å². The summed E-state index contributed by atoms with van der Waals surface area (Å²) in [5, 5.41) is 4.53. The molecule has 0 fully saturated rings. The fourth-order valence-corrected chi connectivity index (χ4v) is 2.59. The van der Waals surface area contributed by atoms with Gasteiger partial charge in [0, 0.05) is 11.3 Å². The van der Waals surface area contributed by atoms with E-state index in [1.807, 2.05) is 24.6 Å². The van der Waals surface area contributed by atoms with E-state index in [1.165, 1.54) is 5.56 Å². The van der Waals surface area contributed by atoms with Crippen molar-refractivity contribution >= 4 is 5.78 Å². The van der Waals surface area contributed by atoms with Crippen LogP contribution in [-0.2, 0) is 19.4 Å². The Bertz CT molecular complexity index is 668. The molecule has 0 spiro atoms. The molecule has 1 aromatic carbocycles. The second-order valence-electron chi connectivity index (χ2n) is 5.67. The second-order valence-corrected chi connectivity index (χ2v) is 5.67. The summed E-state index contributed by atoms with van der Waals surface area (Å²) in [7, 11) is 0. The molecule has 0 N–H and O–H groups in total. The summed E-state index contributed by atoms with van der Waals surface area (Å²) in [6.07, 6.45) is 1.79. The number of hydrogen-bond donors (Lipinski definition) is 0. The Labute approximate surface area is 127 Å². The number of carbonyl (C=O) groups excluding carboxylic acids is 1. The molecule has 0 amide bonds. The quantitative estimate of drug-likeness (QED) is 0.782. The van der Waals surface area contributed by atoms with Gasteiger partial charge in [-0.25, -0.2) is 0 Å². The van der Waals surface area contributed by atoms with Crippen LogP contribution in [0, 0.1) is 20.8 Å². The van der Waals surface area contributed by atoms with E-state index in [1.54, 1.807) is 0 Å². The van der Waals surface area contributed by atoms with Crippen LogP contribution >= 0.6 is 0 Å². The molecule has 1 heterocycles. The Morgan fingerprint density at radius 1 is 1.00 bits per heavy atom. The average molecular weight is 284 g/mol. The molecule has 1 aromatic heterocycles. The molecular formula is C18H24N2O. The van der Waals surface area contributed by atoms with Crippen LogP contribution in [0.4, 0.5) is 0 Å². The van der Waals surface area contributed by atoms with E-state index in [2.05, 4.69) is 38.0 Å². The van der Waals surface area contributed by atoms with Gasteiger partial charge in [-0.1, -0.05) is 19.9 Å². The molecule has 3 heteroatoms. The predicted octanol–water partition coefficient (Wildman–Crippen LogP) is 3.82. The highest BCUT2D eigenvalue weighted by Gasteiger charge is 2.14. The molecular weight excluding hydrogens is 260 g/mol. The minimum absolute atomic E-state index is 0.135. The Balaban J connectivity index is 2.30. The van der Waals surface area contributed by atoms with Crippen LogP contribution < -0.4 is 0 Å². The number of nitrogens with zero attached hydrogens (tertiary/aromatic N) is 2. The Kier molecular flexibility index (Phi) is 4.61. The average Bonchev–Trinajstić information content (AvgIpc) is 2.84. The lowest BCUT2D eigenvalue weighted by atomic mass is 9.98. The van der Waals surface area contributed by atoms with Gasteiger partial charge in [0.1, 0.15) is 6.54 Å². The summed E-state index contributed by atoms with van der Waals surface area (Å²) in [4.78, 5) is 12.6. The van der Waals surface area contributed by atoms with Crippen molar-refractivity contribution < 1.29 is 4.79 Å². The number of aryl methyl sites for hydroxylation is 5. The summed E-state index contributed by atoms with van der Waals surface area (Å²) >= 11 is 0. The van der Waals surface area contributed by atoms with E-state index in [9.17, 15) is 4.79 Å². The van der Waals surface area contributed by atoms with Crippen LogP contribution in [-0.4, -0.2) is 15.6 Å². The fourth-order valence-electron chi connectivity index (χ4n) is 2.59. The maximum absolute atomic E-state index is 12.6. The smallest absolute Gasteiger partial charge is 0.184 e. The minimum Gasteiger partial charge on any atom is -0.292 e. The van der Waals surface area contributed by atoms with Crippen LogP contribution in [0.25, 0.3) is 0 Å². The van der Waals surface area contributed by atoms with Crippen molar-refractivity contribution in [1.29, 1.82) is 0 Å². The molecule has 0 unspecified atom stereocenters. The Morgan fingerprint density at radius 3 is 2.29 bits per heavy atom. The predicted molar refractivity (Wildman–Crippen MR) is 86.0 cm³/mol. The van der Waals surface area contributed by atoms with Crippen LogP contribution in [0.5, 0.6) is 0 Å². The van der Waals surface area contributed by atoms with E-state index >= 15 is 0 Å². The van der Waals surface area contributed by atoms with Crippen LogP contribution in [0.15, 0.2) is 18.2 Å². The highest BCUT2D eigenvalue weighted by molar-refractivity contribution is 5.97. The van der Waals surface area contributed by atoms with E-state index in [0.717, 1.165) is 40.9 Å². The van der Waals surface area contributed by atoms with Crippen molar-refractivity contribution in [3.05, 3.63) is 51.8 Å². The number of benzene rings is 1. The van der Waals surface area contributed by atoms with Crippen molar-refractivity contribution in [2.24, 2.45) is 0 Å². The zero-order chi connectivity index (χ0) is 15.6. The van der Waals surface area contributed by atoms with Crippen LogP contribution in [0.2, 0.25) is 0 Å². The van der Waals surface area contributed by atoms with E-state index in [0.29, 0.717) is 6.54 Å². The molecule has 0 aliphatic carbocycles. The van der Waals surface area contributed by atoms with E-state index in [4.69, 9.17) is 0 Å². The van der Waals surface area contributed by atoms with E-state index < -0.39 is 0 Å². The van der Waals surface area contributed by atoms with Crippen molar-refractivity contribution in [3.8, 4) is 0 Å². The molecule has 2 aromatic rings. The molecule has 0 atom stereocenters. The lowest BCUT2D eigenvalue weighted by Gasteiger charge is -2.10. The van der Waals surface area contributed by atoms with Gasteiger partial charge in [-0.3, -0.25) is 9.48 Å². The van der Waals surface area contributed by atoms with Gasteiger partial charge in [0.2, 0.25) is 0 Å². The molecule has 0 radical (unpaired) electrons. The molecule has 0 aliphatic heterocycles. The molecule has 2 rings (SSSR count). The monoisotopic (exact) mass is 284 g/mol. The first-order valence-corrected chi connectivity index (χ1v) is 7.62. The van der Waals surface area contributed by atoms with Gasteiger partial charge in [-0.15, -0.1) is 0 Å². The summed E-state index contributed by atoms with van der Waals surface area (Å²) < 4.78 is 1.86. The summed E-state index contributed by atoms with van der Waals surface area (Å²) in [6, 6.07) is 6.19. The van der Waals surface area contributed by atoms with Gasteiger partial charge in [-0.05, 0) is 62.4 Å². The zero-order valence-corrected chi connectivity index (χ0v) is 13.7. The Morgan fingerprint density at radius 2 is 1.67 bits per heavy atom. The normalized spacial score (nSPS) is 10.9. The van der Waals surface area contributed by atoms with Crippen molar-refractivity contribution in [1.82, 2.24) is 9.78 Å². The van der Waals surface area contributed by atoms with E-state index in [-0.39, 0.29) is 5.78 Å². The van der Waals surface area contributed by atoms with Crippen molar-refractivity contribution in [2.75, 3.05) is 0 Å².